The van der Waals surface area contributed by atoms with E-state index in [9.17, 15) is 0 Å². The number of anilines is 2. The highest BCUT2D eigenvalue weighted by Crippen LogP contribution is 2.26. The summed E-state index contributed by atoms with van der Waals surface area (Å²) in [5, 5.41) is 0. The van der Waals surface area contributed by atoms with Gasteiger partial charge in [0.2, 0.25) is 0 Å². The Labute approximate surface area is 72.5 Å². The van der Waals surface area contributed by atoms with Gasteiger partial charge in [0.25, 0.3) is 0 Å². The van der Waals surface area contributed by atoms with Crippen LogP contribution in [0.3, 0.4) is 0 Å². The summed E-state index contributed by atoms with van der Waals surface area (Å²) in [6.07, 6.45) is 0. The minimum atomic E-state index is -0.0616. The molecular weight excluding hydrogens is 150 g/mol. The van der Waals surface area contributed by atoms with Crippen LogP contribution in [0.5, 0.6) is 0 Å². The topological polar surface area (TPSA) is 78.1 Å². The summed E-state index contributed by atoms with van der Waals surface area (Å²) in [4.78, 5) is 0. The SMILES string of the molecule is Cc1c(N)ccc(N)c1C(C)N. The van der Waals surface area contributed by atoms with Crippen LogP contribution < -0.4 is 17.2 Å². The zero-order valence-corrected chi connectivity index (χ0v) is 7.46. The van der Waals surface area contributed by atoms with E-state index in [1.807, 2.05) is 13.8 Å². The van der Waals surface area contributed by atoms with E-state index in [1.54, 1.807) is 12.1 Å². The number of benzene rings is 1. The molecule has 0 aliphatic rings. The van der Waals surface area contributed by atoms with E-state index in [2.05, 4.69) is 0 Å². The summed E-state index contributed by atoms with van der Waals surface area (Å²) < 4.78 is 0. The van der Waals surface area contributed by atoms with Crippen LogP contribution in [0.1, 0.15) is 24.1 Å². The summed E-state index contributed by atoms with van der Waals surface area (Å²) in [6.45, 7) is 3.84. The molecule has 0 saturated heterocycles. The Hall–Kier alpha value is -1.22. The van der Waals surface area contributed by atoms with Gasteiger partial charge in [0, 0.05) is 17.4 Å². The molecule has 0 heterocycles. The number of hydrogen-bond acceptors (Lipinski definition) is 3. The van der Waals surface area contributed by atoms with E-state index in [1.165, 1.54) is 0 Å². The van der Waals surface area contributed by atoms with Crippen LogP contribution in [0.4, 0.5) is 11.4 Å². The van der Waals surface area contributed by atoms with Crippen molar-refractivity contribution in [3.8, 4) is 0 Å². The Balaban J connectivity index is 3.33. The van der Waals surface area contributed by atoms with E-state index in [4.69, 9.17) is 17.2 Å². The average Bonchev–Trinajstić information content (AvgIpc) is 1.97. The van der Waals surface area contributed by atoms with Gasteiger partial charge in [-0.2, -0.15) is 0 Å². The van der Waals surface area contributed by atoms with Crippen LogP contribution in [0.15, 0.2) is 12.1 Å². The van der Waals surface area contributed by atoms with Gasteiger partial charge in [-0.25, -0.2) is 0 Å². The zero-order valence-electron chi connectivity index (χ0n) is 7.46. The zero-order chi connectivity index (χ0) is 9.30. The molecule has 0 saturated carbocycles. The predicted molar refractivity (Wildman–Crippen MR) is 52.6 cm³/mol. The molecule has 6 N–H and O–H groups in total. The molecule has 0 radical (unpaired) electrons. The van der Waals surface area contributed by atoms with Crippen LogP contribution in [0.2, 0.25) is 0 Å². The van der Waals surface area contributed by atoms with Gasteiger partial charge in [0.15, 0.2) is 0 Å². The molecule has 1 aromatic rings. The lowest BCUT2D eigenvalue weighted by Crippen LogP contribution is -2.11. The summed E-state index contributed by atoms with van der Waals surface area (Å²) in [5.74, 6) is 0. The molecule has 3 heteroatoms. The lowest BCUT2D eigenvalue weighted by Gasteiger charge is -2.14. The van der Waals surface area contributed by atoms with E-state index >= 15 is 0 Å². The van der Waals surface area contributed by atoms with Crippen molar-refractivity contribution in [1.29, 1.82) is 0 Å². The fraction of sp³-hybridized carbons (Fsp3) is 0.333. The van der Waals surface area contributed by atoms with Crippen LogP contribution in [-0.2, 0) is 0 Å². The van der Waals surface area contributed by atoms with Crippen LogP contribution in [-0.4, -0.2) is 0 Å². The quantitative estimate of drug-likeness (QED) is 0.547. The largest absolute Gasteiger partial charge is 0.399 e. The maximum absolute atomic E-state index is 5.76. The first-order chi connectivity index (χ1) is 5.54. The molecule has 12 heavy (non-hydrogen) atoms. The number of hydrogen-bond donors (Lipinski definition) is 3. The minimum absolute atomic E-state index is 0.0616. The molecule has 1 aromatic carbocycles. The van der Waals surface area contributed by atoms with Gasteiger partial charge in [0.05, 0.1) is 0 Å². The Kier molecular flexibility index (Phi) is 2.24. The van der Waals surface area contributed by atoms with Crippen LogP contribution >= 0.6 is 0 Å². The van der Waals surface area contributed by atoms with Gasteiger partial charge >= 0.3 is 0 Å². The van der Waals surface area contributed by atoms with Crippen molar-refractivity contribution >= 4 is 11.4 Å². The minimum Gasteiger partial charge on any atom is -0.399 e. The standard InChI is InChI=1S/C9H15N3/c1-5-7(11)3-4-8(12)9(5)6(2)10/h3-4,6H,10-12H2,1-2H3. The number of nitrogen functional groups attached to an aromatic ring is 2. The van der Waals surface area contributed by atoms with Gasteiger partial charge in [-0.1, -0.05) is 0 Å². The second-order valence-corrected chi connectivity index (χ2v) is 3.07. The highest BCUT2D eigenvalue weighted by atomic mass is 14.7. The summed E-state index contributed by atoms with van der Waals surface area (Å²) in [6, 6.07) is 3.53. The molecule has 0 fully saturated rings. The van der Waals surface area contributed by atoms with Crippen molar-refractivity contribution in [3.05, 3.63) is 23.3 Å². The second kappa shape index (κ2) is 3.03. The molecule has 0 aliphatic heterocycles. The van der Waals surface area contributed by atoms with Crippen molar-refractivity contribution in [2.45, 2.75) is 19.9 Å². The Morgan fingerprint density at radius 2 is 1.67 bits per heavy atom. The van der Waals surface area contributed by atoms with Gasteiger partial charge in [-0.05, 0) is 37.1 Å². The first kappa shape index (κ1) is 8.87. The van der Waals surface area contributed by atoms with Gasteiger partial charge in [-0.15, -0.1) is 0 Å². The average molecular weight is 165 g/mol. The summed E-state index contributed by atoms with van der Waals surface area (Å²) in [5.41, 5.74) is 20.6. The normalized spacial score (nSPS) is 12.9. The van der Waals surface area contributed by atoms with E-state index in [0.717, 1.165) is 22.5 Å². The number of nitrogens with two attached hydrogens (primary N) is 3. The molecule has 0 aromatic heterocycles. The first-order valence-corrected chi connectivity index (χ1v) is 3.94. The highest BCUT2D eigenvalue weighted by molar-refractivity contribution is 5.62. The van der Waals surface area contributed by atoms with Crippen molar-refractivity contribution in [1.82, 2.24) is 0 Å². The molecule has 0 aliphatic carbocycles. The van der Waals surface area contributed by atoms with E-state index < -0.39 is 0 Å². The summed E-state index contributed by atoms with van der Waals surface area (Å²) in [7, 11) is 0. The Morgan fingerprint density at radius 1 is 1.17 bits per heavy atom. The van der Waals surface area contributed by atoms with Gasteiger partial charge < -0.3 is 17.2 Å². The molecular formula is C9H15N3. The van der Waals surface area contributed by atoms with Crippen molar-refractivity contribution < 1.29 is 0 Å². The molecule has 0 bridgehead atoms. The third-order valence-corrected chi connectivity index (χ3v) is 2.05. The van der Waals surface area contributed by atoms with Gasteiger partial charge in [0.1, 0.15) is 0 Å². The predicted octanol–water partition coefficient (Wildman–Crippen LogP) is 1.18. The maximum Gasteiger partial charge on any atom is 0.0366 e. The smallest absolute Gasteiger partial charge is 0.0366 e. The molecule has 1 atom stereocenters. The van der Waals surface area contributed by atoms with Crippen LogP contribution in [0, 0.1) is 6.92 Å². The van der Waals surface area contributed by atoms with Crippen LogP contribution in [0.25, 0.3) is 0 Å². The monoisotopic (exact) mass is 165 g/mol. The third-order valence-electron chi connectivity index (χ3n) is 2.05. The first-order valence-electron chi connectivity index (χ1n) is 3.94. The summed E-state index contributed by atoms with van der Waals surface area (Å²) >= 11 is 0. The molecule has 3 nitrogen and oxygen atoms in total. The lowest BCUT2D eigenvalue weighted by molar-refractivity contribution is 0.814. The number of rotatable bonds is 1. The second-order valence-electron chi connectivity index (χ2n) is 3.07. The van der Waals surface area contributed by atoms with E-state index in [0.29, 0.717) is 0 Å². The van der Waals surface area contributed by atoms with E-state index in [-0.39, 0.29) is 6.04 Å². The molecule has 66 valence electrons. The van der Waals surface area contributed by atoms with Gasteiger partial charge in [-0.3, -0.25) is 0 Å². The van der Waals surface area contributed by atoms with Crippen molar-refractivity contribution in [3.63, 3.8) is 0 Å². The third kappa shape index (κ3) is 1.36. The highest BCUT2D eigenvalue weighted by Gasteiger charge is 2.09. The molecule has 1 unspecified atom stereocenters. The fourth-order valence-electron chi connectivity index (χ4n) is 1.37. The fourth-order valence-corrected chi connectivity index (χ4v) is 1.37. The van der Waals surface area contributed by atoms with Crippen molar-refractivity contribution in [2.75, 3.05) is 11.5 Å². The van der Waals surface area contributed by atoms with Crippen molar-refractivity contribution in [2.24, 2.45) is 5.73 Å². The lowest BCUT2D eigenvalue weighted by atomic mass is 9.99. The Morgan fingerprint density at radius 3 is 2.08 bits per heavy atom. The molecule has 0 spiro atoms. The maximum atomic E-state index is 5.76. The molecule has 0 amide bonds. The molecule has 1 rings (SSSR count). The Bertz CT molecular complexity index is 292.